The molecule has 0 heterocycles. The van der Waals surface area contributed by atoms with Crippen LogP contribution in [0.4, 0.5) is 14.5 Å². The highest BCUT2D eigenvalue weighted by Crippen LogP contribution is 2.31. The lowest BCUT2D eigenvalue weighted by Crippen LogP contribution is -2.10. The lowest BCUT2D eigenvalue weighted by atomic mass is 10.1. The molecule has 0 bridgehead atoms. The van der Waals surface area contributed by atoms with Crippen molar-refractivity contribution in [1.82, 2.24) is 0 Å². The number of hydrogen-bond donors (Lipinski definition) is 1. The number of anilines is 1. The van der Waals surface area contributed by atoms with Gasteiger partial charge in [0, 0.05) is 4.47 Å². The third kappa shape index (κ3) is 4.14. The van der Waals surface area contributed by atoms with Crippen LogP contribution in [0.1, 0.15) is 12.5 Å². The molecular weight excluding hydrogens is 312 g/mol. The first-order chi connectivity index (χ1) is 8.43. The summed E-state index contributed by atoms with van der Waals surface area (Å²) >= 11 is 3.20. The largest absolute Gasteiger partial charge is 0.466 e. The van der Waals surface area contributed by atoms with Gasteiger partial charge < -0.3 is 15.2 Å². The predicted molar refractivity (Wildman–Crippen MR) is 65.5 cm³/mol. The Labute approximate surface area is 111 Å². The van der Waals surface area contributed by atoms with Crippen LogP contribution < -0.4 is 10.5 Å². The van der Waals surface area contributed by atoms with E-state index >= 15 is 0 Å². The quantitative estimate of drug-likeness (QED) is 0.668. The summed E-state index contributed by atoms with van der Waals surface area (Å²) < 4.78 is 33.8. The third-order valence-corrected chi connectivity index (χ3v) is 2.77. The van der Waals surface area contributed by atoms with E-state index in [0.717, 1.165) is 0 Å². The zero-order valence-corrected chi connectivity index (χ0v) is 11.2. The molecule has 4 nitrogen and oxygen atoms in total. The minimum absolute atomic E-state index is 0.0473. The maximum Gasteiger partial charge on any atom is 0.387 e. The minimum atomic E-state index is -2.97. The molecule has 100 valence electrons. The Morgan fingerprint density at radius 2 is 2.17 bits per heavy atom. The van der Waals surface area contributed by atoms with E-state index in [1.54, 1.807) is 6.92 Å². The summed E-state index contributed by atoms with van der Waals surface area (Å²) in [4.78, 5) is 11.3. The van der Waals surface area contributed by atoms with Gasteiger partial charge in [-0.15, -0.1) is 0 Å². The fourth-order valence-corrected chi connectivity index (χ4v) is 1.81. The maximum absolute atomic E-state index is 12.1. The van der Waals surface area contributed by atoms with E-state index in [4.69, 9.17) is 10.5 Å². The third-order valence-electron chi connectivity index (χ3n) is 2.04. The van der Waals surface area contributed by atoms with E-state index in [9.17, 15) is 13.6 Å². The number of carbonyl (C=O) groups is 1. The lowest BCUT2D eigenvalue weighted by Gasteiger charge is -2.11. The van der Waals surface area contributed by atoms with Crippen molar-refractivity contribution in [2.75, 3.05) is 12.3 Å². The van der Waals surface area contributed by atoms with E-state index in [2.05, 4.69) is 20.7 Å². The van der Waals surface area contributed by atoms with Crippen molar-refractivity contribution in [3.05, 3.63) is 22.2 Å². The van der Waals surface area contributed by atoms with Gasteiger partial charge in [-0.1, -0.05) is 15.9 Å². The molecule has 18 heavy (non-hydrogen) atoms. The number of ether oxygens (including phenoxy) is 2. The number of halogens is 3. The topological polar surface area (TPSA) is 61.5 Å². The van der Waals surface area contributed by atoms with Gasteiger partial charge in [-0.25, -0.2) is 0 Å². The second-order valence-corrected chi connectivity index (χ2v) is 4.20. The fraction of sp³-hybridized carbons (Fsp3) is 0.364. The van der Waals surface area contributed by atoms with Gasteiger partial charge in [0.15, 0.2) is 0 Å². The molecule has 0 fully saturated rings. The minimum Gasteiger partial charge on any atom is -0.466 e. The van der Waals surface area contributed by atoms with Crippen molar-refractivity contribution in [3.8, 4) is 5.75 Å². The van der Waals surface area contributed by atoms with E-state index < -0.39 is 12.6 Å². The van der Waals surface area contributed by atoms with Crippen molar-refractivity contribution in [2.24, 2.45) is 0 Å². The Hall–Kier alpha value is -1.37. The summed E-state index contributed by atoms with van der Waals surface area (Å²) in [6.07, 6.45) is -0.0473. The van der Waals surface area contributed by atoms with Gasteiger partial charge in [-0.3, -0.25) is 4.79 Å². The number of nitrogens with two attached hydrogens (primary N) is 1. The van der Waals surface area contributed by atoms with Gasteiger partial charge in [-0.2, -0.15) is 8.78 Å². The monoisotopic (exact) mass is 323 g/mol. The normalized spacial score (nSPS) is 10.5. The van der Waals surface area contributed by atoms with Crippen LogP contribution in [0.25, 0.3) is 0 Å². The number of benzene rings is 1. The van der Waals surface area contributed by atoms with Crippen molar-refractivity contribution in [1.29, 1.82) is 0 Å². The first kappa shape index (κ1) is 14.7. The van der Waals surface area contributed by atoms with Crippen LogP contribution in [-0.2, 0) is 16.0 Å². The zero-order valence-electron chi connectivity index (χ0n) is 9.58. The Balaban J connectivity index is 2.94. The summed E-state index contributed by atoms with van der Waals surface area (Å²) in [6, 6.07) is 2.70. The number of rotatable bonds is 5. The standard InChI is InChI=1S/C11H12BrF2NO3/c1-2-17-10(16)4-6-3-9(18-11(13)14)8(15)5-7(6)12/h3,5,11H,2,4,15H2,1H3. The molecule has 1 aromatic rings. The molecule has 2 N–H and O–H groups in total. The summed E-state index contributed by atoms with van der Waals surface area (Å²) in [7, 11) is 0. The summed E-state index contributed by atoms with van der Waals surface area (Å²) in [5, 5.41) is 0. The molecule has 0 aliphatic rings. The van der Waals surface area contributed by atoms with E-state index in [0.29, 0.717) is 10.0 Å². The first-order valence-electron chi connectivity index (χ1n) is 5.12. The van der Waals surface area contributed by atoms with E-state index in [1.807, 2.05) is 0 Å². The molecule has 0 atom stereocenters. The molecule has 0 aromatic heterocycles. The van der Waals surface area contributed by atoms with Crippen LogP contribution in [0.5, 0.6) is 5.75 Å². The Bertz CT molecular complexity index is 441. The molecule has 0 spiro atoms. The molecule has 0 aliphatic carbocycles. The molecule has 0 aliphatic heterocycles. The van der Waals surface area contributed by atoms with Gasteiger partial charge in [0.05, 0.1) is 18.7 Å². The summed E-state index contributed by atoms with van der Waals surface area (Å²) in [5.41, 5.74) is 6.06. The molecule has 0 unspecified atom stereocenters. The highest BCUT2D eigenvalue weighted by atomic mass is 79.9. The Morgan fingerprint density at radius 1 is 1.50 bits per heavy atom. The van der Waals surface area contributed by atoms with E-state index in [-0.39, 0.29) is 24.5 Å². The number of alkyl halides is 2. The molecule has 0 amide bonds. The Morgan fingerprint density at radius 3 is 2.72 bits per heavy atom. The van der Waals surface area contributed by atoms with Gasteiger partial charge >= 0.3 is 12.6 Å². The van der Waals surface area contributed by atoms with Crippen LogP contribution in [-0.4, -0.2) is 19.2 Å². The average molecular weight is 324 g/mol. The summed E-state index contributed by atoms with van der Waals surface area (Å²) in [5.74, 6) is -0.613. The van der Waals surface area contributed by atoms with E-state index in [1.165, 1.54) is 12.1 Å². The number of hydrogen-bond acceptors (Lipinski definition) is 4. The van der Waals surface area contributed by atoms with Crippen molar-refractivity contribution < 1.29 is 23.0 Å². The number of esters is 1. The second-order valence-electron chi connectivity index (χ2n) is 3.34. The van der Waals surface area contributed by atoms with Crippen LogP contribution in [0.2, 0.25) is 0 Å². The first-order valence-corrected chi connectivity index (χ1v) is 5.91. The second kappa shape index (κ2) is 6.53. The van der Waals surface area contributed by atoms with Gasteiger partial charge in [0.2, 0.25) is 0 Å². The Kier molecular flexibility index (Phi) is 5.33. The predicted octanol–water partition coefficient (Wildman–Crippen LogP) is 2.74. The van der Waals surface area contributed by atoms with Crippen LogP contribution >= 0.6 is 15.9 Å². The molecule has 0 saturated carbocycles. The van der Waals surface area contributed by atoms with Gasteiger partial charge in [-0.05, 0) is 24.6 Å². The number of carbonyl (C=O) groups excluding carboxylic acids is 1. The summed E-state index contributed by atoms with van der Waals surface area (Å²) in [6.45, 7) is -1.03. The molecule has 1 aromatic carbocycles. The molecule has 7 heteroatoms. The molecular formula is C11H12BrF2NO3. The van der Waals surface area contributed by atoms with Crippen LogP contribution in [0, 0.1) is 0 Å². The smallest absolute Gasteiger partial charge is 0.387 e. The maximum atomic E-state index is 12.1. The van der Waals surface area contributed by atoms with Crippen molar-refractivity contribution in [2.45, 2.75) is 20.0 Å². The van der Waals surface area contributed by atoms with Gasteiger partial charge in [0.1, 0.15) is 5.75 Å². The lowest BCUT2D eigenvalue weighted by molar-refractivity contribution is -0.142. The highest BCUT2D eigenvalue weighted by molar-refractivity contribution is 9.10. The van der Waals surface area contributed by atoms with Crippen LogP contribution in [0.15, 0.2) is 16.6 Å². The van der Waals surface area contributed by atoms with Crippen molar-refractivity contribution >= 4 is 27.6 Å². The van der Waals surface area contributed by atoms with Crippen molar-refractivity contribution in [3.63, 3.8) is 0 Å². The average Bonchev–Trinajstić information content (AvgIpc) is 2.24. The highest BCUT2D eigenvalue weighted by Gasteiger charge is 2.14. The molecule has 1 rings (SSSR count). The number of nitrogen functional groups attached to an aromatic ring is 1. The van der Waals surface area contributed by atoms with Gasteiger partial charge in [0.25, 0.3) is 0 Å². The van der Waals surface area contributed by atoms with Crippen LogP contribution in [0.3, 0.4) is 0 Å². The fourth-order valence-electron chi connectivity index (χ4n) is 1.31. The SMILES string of the molecule is CCOC(=O)Cc1cc(OC(F)F)c(N)cc1Br. The molecule has 0 radical (unpaired) electrons. The zero-order chi connectivity index (χ0) is 13.7. The molecule has 0 saturated heterocycles.